The van der Waals surface area contributed by atoms with Crippen molar-refractivity contribution < 1.29 is 4.74 Å². The van der Waals surface area contributed by atoms with Gasteiger partial charge in [0.25, 0.3) is 0 Å². The smallest absolute Gasteiger partial charge is 0.128 e. The first-order chi connectivity index (χ1) is 7.67. The van der Waals surface area contributed by atoms with Gasteiger partial charge in [-0.1, -0.05) is 6.07 Å². The van der Waals surface area contributed by atoms with Crippen LogP contribution in [0.1, 0.15) is 31.4 Å². The summed E-state index contributed by atoms with van der Waals surface area (Å²) in [6.45, 7) is 2.83. The van der Waals surface area contributed by atoms with Gasteiger partial charge >= 0.3 is 0 Å². The quantitative estimate of drug-likeness (QED) is 0.518. The van der Waals surface area contributed by atoms with Crippen molar-refractivity contribution in [2.24, 2.45) is 5.84 Å². The first-order valence-electron chi connectivity index (χ1n) is 5.48. The zero-order valence-electron chi connectivity index (χ0n) is 9.44. The predicted octanol–water partition coefficient (Wildman–Crippen LogP) is 0.737. The molecule has 0 spiro atoms. The van der Waals surface area contributed by atoms with Gasteiger partial charge in [-0.2, -0.15) is 0 Å². The molecule has 88 valence electrons. The molecule has 0 amide bonds. The van der Waals surface area contributed by atoms with Crippen LogP contribution in [0.4, 0.5) is 5.82 Å². The van der Waals surface area contributed by atoms with Crippen molar-refractivity contribution in [1.82, 2.24) is 10.4 Å². The van der Waals surface area contributed by atoms with Crippen molar-refractivity contribution in [3.8, 4) is 0 Å². The Morgan fingerprint density at radius 2 is 2.44 bits per heavy atom. The zero-order valence-corrected chi connectivity index (χ0v) is 9.44. The summed E-state index contributed by atoms with van der Waals surface area (Å²) in [6.07, 6.45) is 3.69. The first-order valence-corrected chi connectivity index (χ1v) is 5.48. The number of nitrogen functional groups attached to an aromatic ring is 1. The first kappa shape index (κ1) is 11.3. The number of pyridine rings is 1. The molecular weight excluding hydrogens is 204 g/mol. The second kappa shape index (κ2) is 4.37. The lowest BCUT2D eigenvalue weighted by Gasteiger charge is -2.33. The number of nitrogens with one attached hydrogen (secondary N) is 1. The zero-order chi connectivity index (χ0) is 11.6. The van der Waals surface area contributed by atoms with E-state index < -0.39 is 0 Å². The summed E-state index contributed by atoms with van der Waals surface area (Å²) in [4.78, 5) is 4.08. The van der Waals surface area contributed by atoms with Gasteiger partial charge in [-0.25, -0.2) is 10.4 Å². The van der Waals surface area contributed by atoms with E-state index >= 15 is 0 Å². The topological polar surface area (TPSA) is 86.2 Å². The van der Waals surface area contributed by atoms with Crippen LogP contribution in [0.2, 0.25) is 0 Å². The molecule has 0 saturated carbocycles. The van der Waals surface area contributed by atoms with E-state index in [0.717, 1.165) is 25.0 Å². The summed E-state index contributed by atoms with van der Waals surface area (Å²) in [6, 6.07) is 3.66. The third-order valence-electron chi connectivity index (χ3n) is 3.21. The van der Waals surface area contributed by atoms with E-state index in [1.165, 1.54) is 0 Å². The highest BCUT2D eigenvalue weighted by atomic mass is 16.5. The van der Waals surface area contributed by atoms with Crippen molar-refractivity contribution in [1.29, 1.82) is 0 Å². The SMILES string of the molecule is CC1(C(NN)c2cccnc2N)CCCO1. The molecule has 2 heterocycles. The Morgan fingerprint density at radius 1 is 1.62 bits per heavy atom. The summed E-state index contributed by atoms with van der Waals surface area (Å²) in [5.74, 6) is 6.13. The average molecular weight is 222 g/mol. The number of hydrogen-bond donors (Lipinski definition) is 3. The summed E-state index contributed by atoms with van der Waals surface area (Å²) >= 11 is 0. The lowest BCUT2D eigenvalue weighted by Crippen LogP contribution is -2.44. The number of nitrogens with two attached hydrogens (primary N) is 2. The second-order valence-electron chi connectivity index (χ2n) is 4.34. The number of rotatable bonds is 3. The van der Waals surface area contributed by atoms with Gasteiger partial charge in [0.05, 0.1) is 11.6 Å². The maximum atomic E-state index is 5.86. The molecule has 0 bridgehead atoms. The minimum atomic E-state index is -0.300. The summed E-state index contributed by atoms with van der Waals surface area (Å²) in [5.41, 5.74) is 9.26. The normalized spacial score (nSPS) is 26.9. The highest BCUT2D eigenvalue weighted by Crippen LogP contribution is 2.38. The number of aromatic nitrogens is 1. The summed E-state index contributed by atoms with van der Waals surface area (Å²) in [5, 5.41) is 0. The van der Waals surface area contributed by atoms with Gasteiger partial charge in [-0.05, 0) is 25.8 Å². The van der Waals surface area contributed by atoms with Crippen LogP contribution in [0.5, 0.6) is 0 Å². The van der Waals surface area contributed by atoms with Gasteiger partial charge < -0.3 is 10.5 Å². The maximum absolute atomic E-state index is 5.86. The molecule has 1 aliphatic heterocycles. The summed E-state index contributed by atoms with van der Waals surface area (Å²) < 4.78 is 5.78. The number of nitrogens with zero attached hydrogens (tertiary/aromatic N) is 1. The average Bonchev–Trinajstić information content (AvgIpc) is 2.70. The summed E-state index contributed by atoms with van der Waals surface area (Å²) in [7, 11) is 0. The van der Waals surface area contributed by atoms with Crippen LogP contribution in [-0.2, 0) is 4.74 Å². The van der Waals surface area contributed by atoms with Crippen LogP contribution < -0.4 is 17.0 Å². The Kier molecular flexibility index (Phi) is 3.09. The van der Waals surface area contributed by atoms with E-state index in [0.29, 0.717) is 5.82 Å². The Labute approximate surface area is 95.1 Å². The molecule has 1 aromatic rings. The van der Waals surface area contributed by atoms with Gasteiger partial charge in [0.15, 0.2) is 0 Å². The molecule has 2 unspecified atom stereocenters. The predicted molar refractivity (Wildman–Crippen MR) is 62.3 cm³/mol. The molecule has 16 heavy (non-hydrogen) atoms. The lowest BCUT2D eigenvalue weighted by atomic mass is 9.88. The van der Waals surface area contributed by atoms with Crippen LogP contribution in [-0.4, -0.2) is 17.2 Å². The molecule has 1 saturated heterocycles. The number of ether oxygens (including phenoxy) is 1. The number of hydrazine groups is 1. The fraction of sp³-hybridized carbons (Fsp3) is 0.545. The molecule has 1 aromatic heterocycles. The molecule has 0 radical (unpaired) electrons. The Balaban J connectivity index is 2.32. The minimum Gasteiger partial charge on any atom is -0.383 e. The highest BCUT2D eigenvalue weighted by molar-refractivity contribution is 5.42. The Morgan fingerprint density at radius 3 is 3.00 bits per heavy atom. The molecule has 5 heteroatoms. The monoisotopic (exact) mass is 222 g/mol. The van der Waals surface area contributed by atoms with Crippen LogP contribution >= 0.6 is 0 Å². The van der Waals surface area contributed by atoms with Gasteiger partial charge in [0.1, 0.15) is 5.82 Å². The molecule has 2 atom stereocenters. The van der Waals surface area contributed by atoms with Crippen LogP contribution in [0.25, 0.3) is 0 Å². The molecule has 2 rings (SSSR count). The molecular formula is C11H18N4O. The van der Waals surface area contributed by atoms with Crippen molar-refractivity contribution >= 4 is 5.82 Å². The van der Waals surface area contributed by atoms with E-state index in [1.54, 1.807) is 6.20 Å². The third kappa shape index (κ3) is 1.89. The van der Waals surface area contributed by atoms with Gasteiger partial charge in [-0.15, -0.1) is 0 Å². The van der Waals surface area contributed by atoms with Crippen LogP contribution in [0, 0.1) is 0 Å². The van der Waals surface area contributed by atoms with Crippen LogP contribution in [0.15, 0.2) is 18.3 Å². The molecule has 5 N–H and O–H groups in total. The van der Waals surface area contributed by atoms with E-state index in [-0.39, 0.29) is 11.6 Å². The van der Waals surface area contributed by atoms with Crippen molar-refractivity contribution in [3.05, 3.63) is 23.9 Å². The van der Waals surface area contributed by atoms with Gasteiger partial charge in [0, 0.05) is 18.4 Å². The maximum Gasteiger partial charge on any atom is 0.128 e. The highest BCUT2D eigenvalue weighted by Gasteiger charge is 2.39. The lowest BCUT2D eigenvalue weighted by molar-refractivity contribution is -0.0124. The third-order valence-corrected chi connectivity index (χ3v) is 3.21. The van der Waals surface area contributed by atoms with Crippen LogP contribution in [0.3, 0.4) is 0 Å². The van der Waals surface area contributed by atoms with Crippen molar-refractivity contribution in [2.75, 3.05) is 12.3 Å². The fourth-order valence-corrected chi connectivity index (χ4v) is 2.30. The second-order valence-corrected chi connectivity index (χ2v) is 4.34. The molecule has 5 nitrogen and oxygen atoms in total. The van der Waals surface area contributed by atoms with Crippen molar-refractivity contribution in [2.45, 2.75) is 31.4 Å². The number of anilines is 1. The fourth-order valence-electron chi connectivity index (χ4n) is 2.30. The van der Waals surface area contributed by atoms with E-state index in [9.17, 15) is 0 Å². The van der Waals surface area contributed by atoms with Crippen molar-refractivity contribution in [3.63, 3.8) is 0 Å². The van der Waals surface area contributed by atoms with E-state index in [1.807, 2.05) is 12.1 Å². The van der Waals surface area contributed by atoms with Gasteiger partial charge in [-0.3, -0.25) is 5.84 Å². The minimum absolute atomic E-state index is 0.122. The standard InChI is InChI=1S/C11H18N4O/c1-11(5-3-7-16-11)9(15-13)8-4-2-6-14-10(8)12/h2,4,6,9,15H,3,5,7,13H2,1H3,(H2,12,14). The Bertz CT molecular complexity index is 363. The molecule has 1 fully saturated rings. The molecule has 1 aliphatic rings. The Hall–Kier alpha value is -1.17. The number of hydrogen-bond acceptors (Lipinski definition) is 5. The van der Waals surface area contributed by atoms with E-state index in [2.05, 4.69) is 17.3 Å². The van der Waals surface area contributed by atoms with E-state index in [4.69, 9.17) is 16.3 Å². The largest absolute Gasteiger partial charge is 0.383 e. The molecule has 0 aliphatic carbocycles. The van der Waals surface area contributed by atoms with Gasteiger partial charge in [0.2, 0.25) is 0 Å². The molecule has 0 aromatic carbocycles.